The van der Waals surface area contributed by atoms with Crippen LogP contribution in [0.15, 0.2) is 82.9 Å². The number of carbonyl (C=O) groups excluding carboxylic acids is 1. The molecule has 0 bridgehead atoms. The highest BCUT2D eigenvalue weighted by Crippen LogP contribution is 2.32. The molecular formula is C28H29N5OS. The van der Waals surface area contributed by atoms with Gasteiger partial charge in [-0.2, -0.15) is 0 Å². The van der Waals surface area contributed by atoms with E-state index in [-0.39, 0.29) is 5.91 Å². The Morgan fingerprint density at radius 3 is 2.40 bits per heavy atom. The van der Waals surface area contributed by atoms with Gasteiger partial charge in [0.15, 0.2) is 11.3 Å². The van der Waals surface area contributed by atoms with Crippen LogP contribution in [0, 0.1) is 6.92 Å². The standard InChI is InChI=1S/C28H29N5OS/c1-4-32(5-2)22-16-14-21(15-17-22)26-29-24-9-7-6-8-23(24)25-27(34)30-28(31-33(25)26)35-18-20-12-10-19(3)11-13-20/h6-17,26H,4-5,18H2,1-3H3,(H,30,31,34)/t26-/m0/s1. The normalized spacial score (nSPS) is 16.6. The lowest BCUT2D eigenvalue weighted by atomic mass is 10.1. The Labute approximate surface area is 210 Å². The van der Waals surface area contributed by atoms with E-state index in [0.717, 1.165) is 35.0 Å². The predicted octanol–water partition coefficient (Wildman–Crippen LogP) is 3.92. The molecule has 7 heteroatoms. The lowest BCUT2D eigenvalue weighted by molar-refractivity contribution is -0.116. The van der Waals surface area contributed by atoms with E-state index < -0.39 is 6.17 Å². The summed E-state index contributed by atoms with van der Waals surface area (Å²) in [5.74, 6) is 0.568. The zero-order valence-electron chi connectivity index (χ0n) is 20.2. The van der Waals surface area contributed by atoms with E-state index in [1.807, 2.05) is 24.3 Å². The van der Waals surface area contributed by atoms with E-state index in [1.165, 1.54) is 28.6 Å². The predicted molar refractivity (Wildman–Crippen MR) is 143 cm³/mol. The molecule has 0 fully saturated rings. The van der Waals surface area contributed by atoms with Crippen molar-refractivity contribution >= 4 is 34.2 Å². The van der Waals surface area contributed by atoms with E-state index in [1.54, 1.807) is 5.01 Å². The molecule has 2 aliphatic rings. The van der Waals surface area contributed by atoms with Crippen LogP contribution in [0.5, 0.6) is 0 Å². The van der Waals surface area contributed by atoms with Crippen LogP contribution in [0.25, 0.3) is 5.70 Å². The van der Waals surface area contributed by atoms with Gasteiger partial charge in [0.05, 0.1) is 5.36 Å². The molecule has 2 heterocycles. The molecule has 0 radical (unpaired) electrons. The van der Waals surface area contributed by atoms with Crippen molar-refractivity contribution < 1.29 is 4.79 Å². The number of nitrogens with one attached hydrogen (secondary N) is 1. The van der Waals surface area contributed by atoms with Gasteiger partial charge in [-0.05, 0) is 50.1 Å². The fraction of sp³-hybridized carbons (Fsp3) is 0.250. The van der Waals surface area contributed by atoms with Gasteiger partial charge in [-0.1, -0.05) is 71.9 Å². The average Bonchev–Trinajstić information content (AvgIpc) is 2.89. The molecule has 3 aromatic rings. The molecular weight excluding hydrogens is 454 g/mol. The molecule has 35 heavy (non-hydrogen) atoms. The molecule has 0 unspecified atom stereocenters. The van der Waals surface area contributed by atoms with Crippen molar-refractivity contribution in [3.05, 3.63) is 100 Å². The Morgan fingerprint density at radius 1 is 0.971 bits per heavy atom. The third-order valence-corrected chi connectivity index (χ3v) is 7.27. The summed E-state index contributed by atoms with van der Waals surface area (Å²) in [6, 6.07) is 24.6. The molecule has 6 nitrogen and oxygen atoms in total. The summed E-state index contributed by atoms with van der Waals surface area (Å²) in [5.41, 5.74) is 5.12. The third kappa shape index (κ3) is 4.68. The quantitative estimate of drug-likeness (QED) is 0.577. The molecule has 1 N–H and O–H groups in total. The number of para-hydroxylation sites is 1. The van der Waals surface area contributed by atoms with Crippen molar-refractivity contribution in [2.24, 2.45) is 10.1 Å². The van der Waals surface area contributed by atoms with Crippen molar-refractivity contribution in [3.63, 3.8) is 0 Å². The first kappa shape index (κ1) is 23.2. The number of anilines is 1. The van der Waals surface area contributed by atoms with Crippen LogP contribution >= 0.6 is 11.8 Å². The molecule has 0 aliphatic carbocycles. The molecule has 1 atom stereocenters. The van der Waals surface area contributed by atoms with Crippen LogP contribution in [-0.2, 0) is 10.5 Å². The maximum atomic E-state index is 13.3. The molecule has 0 spiro atoms. The Balaban J connectivity index is 1.51. The number of fused-ring (bicyclic) bond motifs is 2. The monoisotopic (exact) mass is 483 g/mol. The topological polar surface area (TPSA) is 60.3 Å². The summed E-state index contributed by atoms with van der Waals surface area (Å²) < 4.78 is 0. The highest BCUT2D eigenvalue weighted by atomic mass is 32.2. The fourth-order valence-electron chi connectivity index (χ4n) is 4.39. The van der Waals surface area contributed by atoms with Gasteiger partial charge in [-0.3, -0.25) is 15.1 Å². The van der Waals surface area contributed by atoms with Crippen LogP contribution in [0.3, 0.4) is 0 Å². The molecule has 1 amide bonds. The van der Waals surface area contributed by atoms with Crippen molar-refractivity contribution in [1.82, 2.24) is 10.3 Å². The van der Waals surface area contributed by atoms with Gasteiger partial charge in [-0.15, -0.1) is 5.10 Å². The number of nitrogens with zero attached hydrogens (tertiary/aromatic N) is 4. The minimum Gasteiger partial charge on any atom is -0.372 e. The van der Waals surface area contributed by atoms with Crippen LogP contribution < -0.4 is 20.8 Å². The largest absolute Gasteiger partial charge is 0.372 e. The van der Waals surface area contributed by atoms with Crippen molar-refractivity contribution in [3.8, 4) is 0 Å². The van der Waals surface area contributed by atoms with Gasteiger partial charge in [0.2, 0.25) is 0 Å². The van der Waals surface area contributed by atoms with E-state index in [4.69, 9.17) is 10.1 Å². The maximum absolute atomic E-state index is 13.3. The van der Waals surface area contributed by atoms with E-state index in [9.17, 15) is 4.79 Å². The second kappa shape index (κ2) is 9.96. The Kier molecular flexibility index (Phi) is 6.59. The van der Waals surface area contributed by atoms with Crippen molar-refractivity contribution in [2.75, 3.05) is 18.0 Å². The van der Waals surface area contributed by atoms with Gasteiger partial charge in [0.1, 0.15) is 5.70 Å². The number of carbonyl (C=O) groups is 1. The first-order valence-electron chi connectivity index (χ1n) is 12.0. The van der Waals surface area contributed by atoms with Gasteiger partial charge >= 0.3 is 0 Å². The molecule has 0 saturated heterocycles. The highest BCUT2D eigenvalue weighted by molar-refractivity contribution is 8.13. The summed E-state index contributed by atoms with van der Waals surface area (Å²) in [7, 11) is 0. The summed E-state index contributed by atoms with van der Waals surface area (Å²) in [4.78, 5) is 20.6. The summed E-state index contributed by atoms with van der Waals surface area (Å²) >= 11 is 1.52. The molecule has 178 valence electrons. The summed E-state index contributed by atoms with van der Waals surface area (Å²) in [6.07, 6.45) is -0.410. The van der Waals surface area contributed by atoms with Crippen molar-refractivity contribution in [1.29, 1.82) is 0 Å². The van der Waals surface area contributed by atoms with Gasteiger partial charge in [-0.25, -0.2) is 5.01 Å². The number of amides is 1. The summed E-state index contributed by atoms with van der Waals surface area (Å²) in [5, 5.41) is 11.8. The minimum absolute atomic E-state index is 0.154. The number of benzene rings is 3. The Bertz CT molecular complexity index is 1380. The number of thioether (sulfide) groups is 1. The Morgan fingerprint density at radius 2 is 1.69 bits per heavy atom. The van der Waals surface area contributed by atoms with Crippen LogP contribution in [-0.4, -0.2) is 29.2 Å². The molecule has 5 rings (SSSR count). The van der Waals surface area contributed by atoms with Gasteiger partial charge in [0, 0.05) is 29.7 Å². The SMILES string of the molecule is CCN(CC)c1ccc([C@H]2N=c3ccccc3=C3C(=O)NC(SCc4ccc(C)cc4)=NN32)cc1. The van der Waals surface area contributed by atoms with E-state index >= 15 is 0 Å². The number of hydrogen-bond donors (Lipinski definition) is 1. The number of rotatable bonds is 6. The van der Waals surface area contributed by atoms with Crippen LogP contribution in [0.4, 0.5) is 5.69 Å². The lowest BCUT2D eigenvalue weighted by Gasteiger charge is -2.34. The lowest BCUT2D eigenvalue weighted by Crippen LogP contribution is -2.50. The van der Waals surface area contributed by atoms with Crippen molar-refractivity contribution in [2.45, 2.75) is 32.7 Å². The van der Waals surface area contributed by atoms with Crippen LogP contribution in [0.1, 0.15) is 36.7 Å². The fourth-order valence-corrected chi connectivity index (χ4v) is 5.20. The second-order valence-corrected chi connectivity index (χ2v) is 9.57. The molecule has 0 aromatic heterocycles. The zero-order chi connectivity index (χ0) is 24.4. The van der Waals surface area contributed by atoms with E-state index in [0.29, 0.717) is 10.9 Å². The maximum Gasteiger partial charge on any atom is 0.276 e. The van der Waals surface area contributed by atoms with E-state index in [2.05, 4.69) is 79.5 Å². The van der Waals surface area contributed by atoms with Crippen LogP contribution in [0.2, 0.25) is 0 Å². The molecule has 0 saturated carbocycles. The summed E-state index contributed by atoms with van der Waals surface area (Å²) in [6.45, 7) is 8.29. The molecule has 3 aromatic carbocycles. The minimum atomic E-state index is -0.410. The van der Waals surface area contributed by atoms with Gasteiger partial charge in [0.25, 0.3) is 5.91 Å². The Hall–Kier alpha value is -3.58. The average molecular weight is 484 g/mol. The number of hydrazone groups is 1. The van der Waals surface area contributed by atoms with Gasteiger partial charge < -0.3 is 4.90 Å². The first-order valence-corrected chi connectivity index (χ1v) is 13.0. The smallest absolute Gasteiger partial charge is 0.276 e. The highest BCUT2D eigenvalue weighted by Gasteiger charge is 2.34. The molecule has 2 aliphatic heterocycles. The third-order valence-electron chi connectivity index (χ3n) is 6.33. The zero-order valence-corrected chi connectivity index (χ0v) is 21.0. The number of aryl methyl sites for hydroxylation is 1. The first-order chi connectivity index (χ1) is 17.1. The second-order valence-electron chi connectivity index (χ2n) is 8.61. The number of amidine groups is 1. The number of hydrogen-bond acceptors (Lipinski definition) is 6.